The van der Waals surface area contributed by atoms with Gasteiger partial charge in [-0.1, -0.05) is 6.07 Å². The first-order chi connectivity index (χ1) is 13.1. The number of anilines is 1. The van der Waals surface area contributed by atoms with E-state index in [1.165, 1.54) is 4.88 Å². The average Bonchev–Trinajstić information content (AvgIpc) is 3.19. The largest absolute Gasteiger partial charge is 0.375 e. The van der Waals surface area contributed by atoms with E-state index in [1.54, 1.807) is 35.6 Å². The molecule has 1 saturated heterocycles. The van der Waals surface area contributed by atoms with Gasteiger partial charge in [-0.05, 0) is 61.9 Å². The predicted molar refractivity (Wildman–Crippen MR) is 108 cm³/mol. The van der Waals surface area contributed by atoms with Crippen LogP contribution in [0.1, 0.15) is 41.4 Å². The van der Waals surface area contributed by atoms with Gasteiger partial charge in [-0.25, -0.2) is 0 Å². The lowest BCUT2D eigenvalue weighted by Gasteiger charge is -2.31. The monoisotopic (exact) mass is 386 g/mol. The maximum atomic E-state index is 12.5. The van der Waals surface area contributed by atoms with Crippen LogP contribution >= 0.6 is 11.3 Å². The second-order valence-electron chi connectivity index (χ2n) is 6.84. The minimum atomic E-state index is 0.0107. The van der Waals surface area contributed by atoms with E-state index >= 15 is 0 Å². The highest BCUT2D eigenvalue weighted by Crippen LogP contribution is 2.16. The molecule has 1 atom stereocenters. The van der Waals surface area contributed by atoms with Crippen LogP contribution in [-0.2, 0) is 16.0 Å². The smallest absolute Gasteiger partial charge is 0.254 e. The second-order valence-corrected chi connectivity index (χ2v) is 7.88. The molecular formula is C21H26N2O3S. The lowest BCUT2D eigenvalue weighted by Crippen LogP contribution is -2.44. The Balaban J connectivity index is 1.42. The van der Waals surface area contributed by atoms with E-state index in [4.69, 9.17) is 4.74 Å². The summed E-state index contributed by atoms with van der Waals surface area (Å²) in [6.45, 7) is 3.78. The Labute approximate surface area is 164 Å². The summed E-state index contributed by atoms with van der Waals surface area (Å²) in [7, 11) is 0. The Morgan fingerprint density at radius 3 is 2.74 bits per heavy atom. The molecule has 1 fully saturated rings. The van der Waals surface area contributed by atoms with Gasteiger partial charge in [-0.15, -0.1) is 11.3 Å². The van der Waals surface area contributed by atoms with Crippen molar-refractivity contribution in [3.05, 3.63) is 52.2 Å². The minimum Gasteiger partial charge on any atom is -0.375 e. The standard InChI is InChI=1S/C21H26N2O3S/c1-16-15-23(12-13-26-16)21(25)17-8-10-18(11-9-17)22-20(24)7-3-2-5-19-6-4-14-27-19/h4,6,8-11,14,16H,2-3,5,7,12-13,15H2,1H3,(H,22,24). The molecule has 0 bridgehead atoms. The molecule has 2 heterocycles. The molecule has 1 aliphatic rings. The van der Waals surface area contributed by atoms with Crippen LogP contribution < -0.4 is 5.32 Å². The number of morpholine rings is 1. The third kappa shape index (κ3) is 5.91. The Morgan fingerprint density at radius 1 is 1.22 bits per heavy atom. The van der Waals surface area contributed by atoms with Crippen LogP contribution in [0.5, 0.6) is 0 Å². The van der Waals surface area contributed by atoms with Crippen LogP contribution in [-0.4, -0.2) is 42.5 Å². The molecule has 5 nitrogen and oxygen atoms in total. The fourth-order valence-electron chi connectivity index (χ4n) is 3.14. The van der Waals surface area contributed by atoms with Crippen molar-refractivity contribution in [1.82, 2.24) is 4.90 Å². The molecule has 0 saturated carbocycles. The summed E-state index contributed by atoms with van der Waals surface area (Å²) >= 11 is 1.76. The van der Waals surface area contributed by atoms with Crippen molar-refractivity contribution in [2.24, 2.45) is 0 Å². The average molecular weight is 387 g/mol. The van der Waals surface area contributed by atoms with E-state index < -0.39 is 0 Å². The SMILES string of the molecule is CC1CN(C(=O)c2ccc(NC(=O)CCCCc3cccs3)cc2)CCO1. The molecule has 0 spiro atoms. The fourth-order valence-corrected chi connectivity index (χ4v) is 3.90. The number of nitrogens with one attached hydrogen (secondary N) is 1. The molecule has 144 valence electrons. The Bertz CT molecular complexity index is 743. The van der Waals surface area contributed by atoms with E-state index in [0.717, 1.165) is 24.9 Å². The van der Waals surface area contributed by atoms with Crippen LogP contribution in [0.3, 0.4) is 0 Å². The first-order valence-electron chi connectivity index (χ1n) is 9.45. The highest BCUT2D eigenvalue weighted by atomic mass is 32.1. The zero-order valence-corrected chi connectivity index (χ0v) is 16.5. The lowest BCUT2D eigenvalue weighted by atomic mass is 10.1. The topological polar surface area (TPSA) is 58.6 Å². The zero-order chi connectivity index (χ0) is 19.1. The van der Waals surface area contributed by atoms with E-state index in [1.807, 2.05) is 11.8 Å². The summed E-state index contributed by atoms with van der Waals surface area (Å²) in [5, 5.41) is 4.99. The molecule has 0 aliphatic carbocycles. The van der Waals surface area contributed by atoms with E-state index in [2.05, 4.69) is 22.8 Å². The summed E-state index contributed by atoms with van der Waals surface area (Å²) in [5.74, 6) is 0.0267. The molecule has 1 aliphatic heterocycles. The van der Waals surface area contributed by atoms with Crippen molar-refractivity contribution in [3.63, 3.8) is 0 Å². The number of unbranched alkanes of at least 4 members (excludes halogenated alkanes) is 1. The maximum absolute atomic E-state index is 12.5. The van der Waals surface area contributed by atoms with Gasteiger partial charge >= 0.3 is 0 Å². The van der Waals surface area contributed by atoms with Crippen LogP contribution in [0.15, 0.2) is 41.8 Å². The van der Waals surface area contributed by atoms with Gasteiger partial charge < -0.3 is 15.0 Å². The normalized spacial score (nSPS) is 16.9. The van der Waals surface area contributed by atoms with Crippen molar-refractivity contribution < 1.29 is 14.3 Å². The number of aryl methyl sites for hydroxylation is 1. The summed E-state index contributed by atoms with van der Waals surface area (Å²) in [4.78, 5) is 27.8. The fraction of sp³-hybridized carbons (Fsp3) is 0.429. The molecule has 1 N–H and O–H groups in total. The van der Waals surface area contributed by atoms with Crippen molar-refractivity contribution in [1.29, 1.82) is 0 Å². The van der Waals surface area contributed by atoms with Gasteiger partial charge in [-0.2, -0.15) is 0 Å². The molecule has 27 heavy (non-hydrogen) atoms. The number of thiophene rings is 1. The lowest BCUT2D eigenvalue weighted by molar-refractivity contribution is -0.116. The van der Waals surface area contributed by atoms with Crippen molar-refractivity contribution in [2.45, 2.75) is 38.7 Å². The highest BCUT2D eigenvalue weighted by Gasteiger charge is 2.22. The van der Waals surface area contributed by atoms with Crippen molar-refractivity contribution >= 4 is 28.8 Å². The summed E-state index contributed by atoms with van der Waals surface area (Å²) < 4.78 is 5.48. The number of rotatable bonds is 7. The number of carbonyl (C=O) groups excluding carboxylic acids is 2. The van der Waals surface area contributed by atoms with Crippen molar-refractivity contribution in [2.75, 3.05) is 25.0 Å². The molecule has 3 rings (SSSR count). The van der Waals surface area contributed by atoms with Crippen LogP contribution in [0, 0.1) is 0 Å². The first-order valence-corrected chi connectivity index (χ1v) is 10.3. The van der Waals surface area contributed by atoms with Crippen LogP contribution in [0.4, 0.5) is 5.69 Å². The Morgan fingerprint density at radius 2 is 2.04 bits per heavy atom. The zero-order valence-electron chi connectivity index (χ0n) is 15.6. The van der Waals surface area contributed by atoms with Gasteiger partial charge in [0, 0.05) is 35.6 Å². The van der Waals surface area contributed by atoms with E-state index in [0.29, 0.717) is 31.7 Å². The molecule has 0 radical (unpaired) electrons. The number of carbonyl (C=O) groups is 2. The third-order valence-electron chi connectivity index (χ3n) is 4.60. The molecule has 6 heteroatoms. The quantitative estimate of drug-likeness (QED) is 0.733. The molecule has 1 unspecified atom stereocenters. The summed E-state index contributed by atoms with van der Waals surface area (Å²) in [5.41, 5.74) is 1.36. The molecular weight excluding hydrogens is 360 g/mol. The Hall–Kier alpha value is -2.18. The number of amides is 2. The summed E-state index contributed by atoms with van der Waals surface area (Å²) in [6, 6.07) is 11.3. The minimum absolute atomic E-state index is 0.0107. The second kappa shape index (κ2) is 9.67. The molecule has 1 aromatic heterocycles. The number of hydrogen-bond donors (Lipinski definition) is 1. The predicted octanol–water partition coefficient (Wildman–Crippen LogP) is 3.96. The van der Waals surface area contributed by atoms with Gasteiger partial charge in [0.2, 0.25) is 5.91 Å². The van der Waals surface area contributed by atoms with Gasteiger partial charge in [0.15, 0.2) is 0 Å². The number of benzene rings is 1. The van der Waals surface area contributed by atoms with Crippen molar-refractivity contribution in [3.8, 4) is 0 Å². The number of nitrogens with zero attached hydrogens (tertiary/aromatic N) is 1. The van der Waals surface area contributed by atoms with Gasteiger partial charge in [0.1, 0.15) is 0 Å². The van der Waals surface area contributed by atoms with Crippen LogP contribution in [0.2, 0.25) is 0 Å². The number of ether oxygens (including phenoxy) is 1. The Kier molecular flexibility index (Phi) is 7.01. The van der Waals surface area contributed by atoms with Gasteiger partial charge in [-0.3, -0.25) is 9.59 Å². The third-order valence-corrected chi connectivity index (χ3v) is 5.54. The number of hydrogen-bond acceptors (Lipinski definition) is 4. The van der Waals surface area contributed by atoms with E-state index in [-0.39, 0.29) is 17.9 Å². The van der Waals surface area contributed by atoms with Gasteiger partial charge in [0.25, 0.3) is 5.91 Å². The van der Waals surface area contributed by atoms with E-state index in [9.17, 15) is 9.59 Å². The molecule has 2 aromatic rings. The van der Waals surface area contributed by atoms with Crippen LogP contribution in [0.25, 0.3) is 0 Å². The van der Waals surface area contributed by atoms with Gasteiger partial charge in [0.05, 0.1) is 12.7 Å². The maximum Gasteiger partial charge on any atom is 0.254 e. The first kappa shape index (κ1) is 19.6. The summed E-state index contributed by atoms with van der Waals surface area (Å²) in [6.07, 6.45) is 3.50. The highest BCUT2D eigenvalue weighted by molar-refractivity contribution is 7.09. The molecule has 2 amide bonds. The molecule has 1 aromatic carbocycles.